The molecule has 0 amide bonds. The van der Waals surface area contributed by atoms with Crippen molar-refractivity contribution in [2.45, 2.75) is 13.1 Å². The van der Waals surface area contributed by atoms with Gasteiger partial charge in [-0.25, -0.2) is 0 Å². The van der Waals surface area contributed by atoms with Gasteiger partial charge in [0, 0.05) is 0 Å². The second kappa shape index (κ2) is 6.49. The van der Waals surface area contributed by atoms with E-state index in [1.165, 1.54) is 0 Å². The third kappa shape index (κ3) is 3.62. The first kappa shape index (κ1) is 13.4. The maximum absolute atomic E-state index is 5.28. The van der Waals surface area contributed by atoms with Crippen LogP contribution >= 0.6 is 24.8 Å². The molecule has 0 bridgehead atoms. The number of hydrogen-bond donors (Lipinski definition) is 2. The van der Waals surface area contributed by atoms with Gasteiger partial charge in [-0.1, -0.05) is 0 Å². The lowest BCUT2D eigenvalue weighted by Gasteiger charge is -1.87. The van der Waals surface area contributed by atoms with Crippen LogP contribution in [0.2, 0.25) is 0 Å². The molecule has 0 saturated carbocycles. The van der Waals surface area contributed by atoms with Crippen molar-refractivity contribution >= 4 is 24.8 Å². The summed E-state index contributed by atoms with van der Waals surface area (Å²) in [5.41, 5.74) is 10.6. The Kier molecular flexibility index (Phi) is 7.89. The van der Waals surface area contributed by atoms with Crippen LogP contribution in [-0.2, 0) is 13.1 Å². The number of nitrogens with two attached hydrogens (primary N) is 2. The van der Waals surface area contributed by atoms with Crippen LogP contribution in [0.1, 0.15) is 11.5 Å². The molecule has 1 aromatic heterocycles. The van der Waals surface area contributed by atoms with Crippen LogP contribution < -0.4 is 11.5 Å². The fourth-order valence-corrected chi connectivity index (χ4v) is 0.642. The van der Waals surface area contributed by atoms with Crippen molar-refractivity contribution < 1.29 is 4.42 Å². The summed E-state index contributed by atoms with van der Waals surface area (Å²) >= 11 is 0. The van der Waals surface area contributed by atoms with E-state index in [4.69, 9.17) is 15.9 Å². The molecule has 0 unspecified atom stereocenters. The largest absolute Gasteiger partial charge is 0.463 e. The normalized spacial score (nSPS) is 8.18. The van der Waals surface area contributed by atoms with E-state index >= 15 is 0 Å². The van der Waals surface area contributed by atoms with E-state index in [0.29, 0.717) is 13.1 Å². The maximum Gasteiger partial charge on any atom is 0.117 e. The van der Waals surface area contributed by atoms with Crippen LogP contribution in [-0.4, -0.2) is 0 Å². The van der Waals surface area contributed by atoms with Crippen LogP contribution in [0.4, 0.5) is 0 Å². The molecule has 0 aliphatic carbocycles. The summed E-state index contributed by atoms with van der Waals surface area (Å²) in [6.45, 7) is 0.889. The number of rotatable bonds is 2. The minimum atomic E-state index is 0. The molecule has 0 atom stereocenters. The molecular weight excluding hydrogens is 187 g/mol. The van der Waals surface area contributed by atoms with Crippen molar-refractivity contribution in [2.24, 2.45) is 11.5 Å². The zero-order valence-corrected chi connectivity index (χ0v) is 7.58. The summed E-state index contributed by atoms with van der Waals surface area (Å²) in [5.74, 6) is 1.57. The molecule has 0 spiro atoms. The van der Waals surface area contributed by atoms with Crippen molar-refractivity contribution in [3.63, 3.8) is 0 Å². The summed E-state index contributed by atoms with van der Waals surface area (Å²) in [6, 6.07) is 3.67. The van der Waals surface area contributed by atoms with E-state index in [9.17, 15) is 0 Å². The average molecular weight is 199 g/mol. The van der Waals surface area contributed by atoms with Crippen molar-refractivity contribution in [3.05, 3.63) is 23.7 Å². The molecule has 66 valence electrons. The van der Waals surface area contributed by atoms with Crippen LogP contribution in [0.25, 0.3) is 0 Å². The van der Waals surface area contributed by atoms with Gasteiger partial charge in [0.15, 0.2) is 0 Å². The van der Waals surface area contributed by atoms with Gasteiger partial charge >= 0.3 is 0 Å². The highest BCUT2D eigenvalue weighted by Crippen LogP contribution is 2.04. The first-order valence-corrected chi connectivity index (χ1v) is 2.84. The van der Waals surface area contributed by atoms with E-state index in [1.807, 2.05) is 12.1 Å². The highest BCUT2D eigenvalue weighted by molar-refractivity contribution is 5.85. The first-order valence-electron chi connectivity index (χ1n) is 2.84. The molecule has 1 aromatic rings. The quantitative estimate of drug-likeness (QED) is 0.747. The lowest BCUT2D eigenvalue weighted by Crippen LogP contribution is -1.95. The summed E-state index contributed by atoms with van der Waals surface area (Å²) < 4.78 is 5.13. The summed E-state index contributed by atoms with van der Waals surface area (Å²) in [5, 5.41) is 0. The van der Waals surface area contributed by atoms with Gasteiger partial charge in [-0.15, -0.1) is 24.8 Å². The zero-order valence-electron chi connectivity index (χ0n) is 5.95. The van der Waals surface area contributed by atoms with E-state index in [2.05, 4.69) is 0 Å². The second-order valence-corrected chi connectivity index (χ2v) is 1.78. The van der Waals surface area contributed by atoms with Gasteiger partial charge in [-0.3, -0.25) is 0 Å². The number of halogens is 2. The fraction of sp³-hybridized carbons (Fsp3) is 0.333. The predicted octanol–water partition coefficient (Wildman–Crippen LogP) is 1.04. The minimum absolute atomic E-state index is 0. The van der Waals surface area contributed by atoms with Crippen LogP contribution in [0.15, 0.2) is 16.5 Å². The molecule has 0 saturated heterocycles. The van der Waals surface area contributed by atoms with E-state index in [1.54, 1.807) is 0 Å². The smallest absolute Gasteiger partial charge is 0.117 e. The second-order valence-electron chi connectivity index (χ2n) is 1.78. The molecule has 0 fully saturated rings. The van der Waals surface area contributed by atoms with Crippen molar-refractivity contribution in [2.75, 3.05) is 0 Å². The lowest BCUT2D eigenvalue weighted by atomic mass is 10.4. The van der Waals surface area contributed by atoms with Gasteiger partial charge in [-0.2, -0.15) is 0 Å². The molecule has 1 heterocycles. The molecular formula is C6H12Cl2N2O. The van der Waals surface area contributed by atoms with E-state index in [-0.39, 0.29) is 24.8 Å². The monoisotopic (exact) mass is 198 g/mol. The third-order valence-corrected chi connectivity index (χ3v) is 1.12. The molecule has 0 aromatic carbocycles. The molecule has 5 heteroatoms. The van der Waals surface area contributed by atoms with Gasteiger partial charge in [-0.05, 0) is 12.1 Å². The van der Waals surface area contributed by atoms with Gasteiger partial charge in [0.05, 0.1) is 13.1 Å². The van der Waals surface area contributed by atoms with Gasteiger partial charge in [0.25, 0.3) is 0 Å². The maximum atomic E-state index is 5.28. The Labute approximate surface area is 77.9 Å². The van der Waals surface area contributed by atoms with E-state index < -0.39 is 0 Å². The Balaban J connectivity index is 0. The Morgan fingerprint density at radius 1 is 1.00 bits per heavy atom. The summed E-state index contributed by atoms with van der Waals surface area (Å²) in [7, 11) is 0. The van der Waals surface area contributed by atoms with Gasteiger partial charge < -0.3 is 15.9 Å². The number of hydrogen-bond acceptors (Lipinski definition) is 3. The topological polar surface area (TPSA) is 65.2 Å². The predicted molar refractivity (Wildman–Crippen MR) is 49.0 cm³/mol. The third-order valence-electron chi connectivity index (χ3n) is 1.12. The fourth-order valence-electron chi connectivity index (χ4n) is 0.642. The van der Waals surface area contributed by atoms with Crippen LogP contribution in [0.5, 0.6) is 0 Å². The molecule has 0 radical (unpaired) electrons. The lowest BCUT2D eigenvalue weighted by molar-refractivity contribution is 0.468. The van der Waals surface area contributed by atoms with E-state index in [0.717, 1.165) is 11.5 Å². The Morgan fingerprint density at radius 2 is 1.36 bits per heavy atom. The van der Waals surface area contributed by atoms with Crippen molar-refractivity contribution in [1.82, 2.24) is 0 Å². The van der Waals surface area contributed by atoms with Gasteiger partial charge in [0.1, 0.15) is 11.5 Å². The molecule has 4 N–H and O–H groups in total. The van der Waals surface area contributed by atoms with Crippen molar-refractivity contribution in [3.8, 4) is 0 Å². The average Bonchev–Trinajstić information content (AvgIpc) is 2.34. The Bertz CT molecular complexity index is 172. The SMILES string of the molecule is Cl.Cl.NCc1ccc(CN)o1. The molecule has 3 nitrogen and oxygen atoms in total. The summed E-state index contributed by atoms with van der Waals surface area (Å²) in [6.07, 6.45) is 0. The van der Waals surface area contributed by atoms with Crippen LogP contribution in [0.3, 0.4) is 0 Å². The Morgan fingerprint density at radius 3 is 1.55 bits per heavy atom. The van der Waals surface area contributed by atoms with Crippen LogP contribution in [0, 0.1) is 0 Å². The molecule has 0 aliphatic heterocycles. The van der Waals surface area contributed by atoms with Gasteiger partial charge in [0.2, 0.25) is 0 Å². The zero-order chi connectivity index (χ0) is 6.69. The minimum Gasteiger partial charge on any atom is -0.463 e. The first-order chi connectivity index (χ1) is 4.36. The molecule has 0 aliphatic rings. The number of furan rings is 1. The molecule has 1 rings (SSSR count). The van der Waals surface area contributed by atoms with Crippen molar-refractivity contribution in [1.29, 1.82) is 0 Å². The Hall–Kier alpha value is -0.220. The highest BCUT2D eigenvalue weighted by Gasteiger charge is 1.95. The summed E-state index contributed by atoms with van der Waals surface area (Å²) in [4.78, 5) is 0. The highest BCUT2D eigenvalue weighted by atomic mass is 35.5. The standard InChI is InChI=1S/C6H10N2O.2ClH/c7-3-5-1-2-6(4-8)9-5;;/h1-2H,3-4,7-8H2;2*1H. The molecule has 11 heavy (non-hydrogen) atoms.